The predicted molar refractivity (Wildman–Crippen MR) is 78.2 cm³/mol. The van der Waals surface area contributed by atoms with Crippen LogP contribution in [-0.4, -0.2) is 67.0 Å². The van der Waals surface area contributed by atoms with Crippen molar-refractivity contribution < 1.29 is 23.1 Å². The number of carboxylic acids is 1. The summed E-state index contributed by atoms with van der Waals surface area (Å²) in [5.74, 6) is -1.41. The summed E-state index contributed by atoms with van der Waals surface area (Å²) in [6.07, 6.45) is 0.399. The maximum atomic E-state index is 12.2. The zero-order valence-corrected chi connectivity index (χ0v) is 13.8. The fourth-order valence-electron chi connectivity index (χ4n) is 2.55. The molecule has 0 aliphatic carbocycles. The summed E-state index contributed by atoms with van der Waals surface area (Å²) in [6.45, 7) is 5.41. The van der Waals surface area contributed by atoms with Crippen LogP contribution in [0.3, 0.4) is 0 Å². The van der Waals surface area contributed by atoms with Crippen molar-refractivity contribution in [2.24, 2.45) is 11.3 Å². The summed E-state index contributed by atoms with van der Waals surface area (Å²) in [5, 5.41) is 9.44. The van der Waals surface area contributed by atoms with Crippen LogP contribution in [0.25, 0.3) is 0 Å². The summed E-state index contributed by atoms with van der Waals surface area (Å²) in [6, 6.07) is 0. The molecule has 0 aromatic rings. The standard InChI is InChI=1S/C13H24N2O5S/c1-5-21(19,20)14(4)8-11(16)15-7-6-13(9-15,10(2)3)12(17)18/h10H,5-9H2,1-4H3,(H,17,18). The minimum atomic E-state index is -3.41. The second-order valence-corrected chi connectivity index (χ2v) is 8.20. The summed E-state index contributed by atoms with van der Waals surface area (Å²) in [7, 11) is -2.05. The average Bonchev–Trinajstić information content (AvgIpc) is 2.85. The van der Waals surface area contributed by atoms with Gasteiger partial charge in [0, 0.05) is 20.1 Å². The quantitative estimate of drug-likeness (QED) is 0.756. The van der Waals surface area contributed by atoms with Gasteiger partial charge in [0.05, 0.1) is 17.7 Å². The van der Waals surface area contributed by atoms with Crippen molar-refractivity contribution in [3.8, 4) is 0 Å². The summed E-state index contributed by atoms with van der Waals surface area (Å²) in [5.41, 5.74) is -0.933. The molecule has 122 valence electrons. The van der Waals surface area contributed by atoms with E-state index in [1.165, 1.54) is 18.9 Å². The van der Waals surface area contributed by atoms with Crippen LogP contribution in [0.5, 0.6) is 0 Å². The Morgan fingerprint density at radius 2 is 1.95 bits per heavy atom. The van der Waals surface area contributed by atoms with Crippen molar-refractivity contribution in [3.63, 3.8) is 0 Å². The number of carbonyl (C=O) groups excluding carboxylic acids is 1. The predicted octanol–water partition coefficient (Wildman–Crippen LogP) is 0.227. The van der Waals surface area contributed by atoms with E-state index < -0.39 is 21.4 Å². The van der Waals surface area contributed by atoms with E-state index in [1.54, 1.807) is 0 Å². The van der Waals surface area contributed by atoms with Gasteiger partial charge in [-0.05, 0) is 19.3 Å². The molecular weight excluding hydrogens is 296 g/mol. The highest BCUT2D eigenvalue weighted by Crippen LogP contribution is 2.38. The van der Waals surface area contributed by atoms with E-state index in [-0.39, 0.29) is 30.7 Å². The molecule has 1 heterocycles. The van der Waals surface area contributed by atoms with Gasteiger partial charge in [-0.25, -0.2) is 8.42 Å². The molecule has 1 fully saturated rings. The number of nitrogens with zero attached hydrogens (tertiary/aromatic N) is 2. The Balaban J connectivity index is 2.77. The smallest absolute Gasteiger partial charge is 0.311 e. The van der Waals surface area contributed by atoms with Gasteiger partial charge in [-0.3, -0.25) is 9.59 Å². The molecule has 0 saturated carbocycles. The number of hydrogen-bond donors (Lipinski definition) is 1. The van der Waals surface area contributed by atoms with Crippen LogP contribution in [0.15, 0.2) is 0 Å². The zero-order chi connectivity index (χ0) is 16.4. The molecule has 0 spiro atoms. The Kier molecular flexibility index (Phi) is 5.38. The van der Waals surface area contributed by atoms with Gasteiger partial charge < -0.3 is 10.0 Å². The molecule has 1 amide bonds. The first-order valence-electron chi connectivity index (χ1n) is 7.02. The second kappa shape index (κ2) is 6.31. The first kappa shape index (κ1) is 17.9. The largest absolute Gasteiger partial charge is 0.481 e. The van der Waals surface area contributed by atoms with E-state index in [4.69, 9.17) is 0 Å². The lowest BCUT2D eigenvalue weighted by molar-refractivity contribution is -0.151. The number of hydrogen-bond acceptors (Lipinski definition) is 4. The van der Waals surface area contributed by atoms with Crippen LogP contribution in [0.1, 0.15) is 27.2 Å². The maximum absolute atomic E-state index is 12.2. The van der Waals surface area contributed by atoms with E-state index in [0.717, 1.165) is 4.31 Å². The summed E-state index contributed by atoms with van der Waals surface area (Å²) < 4.78 is 24.3. The van der Waals surface area contributed by atoms with Crippen LogP contribution in [0.2, 0.25) is 0 Å². The molecular formula is C13H24N2O5S. The molecule has 0 aromatic carbocycles. The molecule has 0 aromatic heterocycles. The Bertz CT molecular complexity index is 517. The monoisotopic (exact) mass is 320 g/mol. The lowest BCUT2D eigenvalue weighted by Gasteiger charge is -2.29. The molecule has 7 nitrogen and oxygen atoms in total. The molecule has 8 heteroatoms. The molecule has 1 aliphatic rings. The van der Waals surface area contributed by atoms with E-state index in [2.05, 4.69) is 0 Å². The van der Waals surface area contributed by atoms with Gasteiger partial charge in [0.1, 0.15) is 0 Å². The lowest BCUT2D eigenvalue weighted by Crippen LogP contribution is -2.44. The molecule has 0 bridgehead atoms. The maximum Gasteiger partial charge on any atom is 0.311 e. The van der Waals surface area contributed by atoms with Crippen LogP contribution in [-0.2, 0) is 19.6 Å². The molecule has 1 unspecified atom stereocenters. The van der Waals surface area contributed by atoms with Crippen LogP contribution >= 0.6 is 0 Å². The van der Waals surface area contributed by atoms with E-state index in [9.17, 15) is 23.1 Å². The molecule has 1 atom stereocenters. The van der Waals surface area contributed by atoms with Crippen molar-refractivity contribution in [1.82, 2.24) is 9.21 Å². The van der Waals surface area contributed by atoms with Crippen molar-refractivity contribution in [1.29, 1.82) is 0 Å². The number of likely N-dealkylation sites (N-methyl/N-ethyl adjacent to an activating group) is 1. The normalized spacial score (nSPS) is 23.0. The van der Waals surface area contributed by atoms with Gasteiger partial charge in [0.25, 0.3) is 0 Å². The highest BCUT2D eigenvalue weighted by molar-refractivity contribution is 7.89. The van der Waals surface area contributed by atoms with E-state index in [0.29, 0.717) is 13.0 Å². The second-order valence-electron chi connectivity index (χ2n) is 5.84. The Morgan fingerprint density at radius 3 is 2.33 bits per heavy atom. The molecule has 0 radical (unpaired) electrons. The SMILES string of the molecule is CCS(=O)(=O)N(C)CC(=O)N1CCC(C(=O)O)(C(C)C)C1. The van der Waals surface area contributed by atoms with Gasteiger partial charge in [-0.15, -0.1) is 0 Å². The highest BCUT2D eigenvalue weighted by Gasteiger charge is 2.48. The fraction of sp³-hybridized carbons (Fsp3) is 0.846. The van der Waals surface area contributed by atoms with Gasteiger partial charge >= 0.3 is 5.97 Å². The molecule has 1 rings (SSSR count). The van der Waals surface area contributed by atoms with E-state index >= 15 is 0 Å². The number of carboxylic acid groups (broad SMARTS) is 1. The minimum Gasteiger partial charge on any atom is -0.481 e. The highest BCUT2D eigenvalue weighted by atomic mass is 32.2. The van der Waals surface area contributed by atoms with Gasteiger partial charge in [-0.1, -0.05) is 13.8 Å². The van der Waals surface area contributed by atoms with Crippen molar-refractivity contribution in [2.45, 2.75) is 27.2 Å². The number of carbonyl (C=O) groups is 2. The minimum absolute atomic E-state index is 0.0676. The fourth-order valence-corrected chi connectivity index (χ4v) is 3.30. The molecule has 1 aliphatic heterocycles. The van der Waals surface area contributed by atoms with Crippen molar-refractivity contribution >= 4 is 21.9 Å². The summed E-state index contributed by atoms with van der Waals surface area (Å²) >= 11 is 0. The number of aliphatic carboxylic acids is 1. The number of likely N-dealkylation sites (tertiary alicyclic amines) is 1. The third kappa shape index (κ3) is 3.55. The van der Waals surface area contributed by atoms with Gasteiger partial charge in [0.15, 0.2) is 0 Å². The number of amides is 1. The van der Waals surface area contributed by atoms with E-state index in [1.807, 2.05) is 13.8 Å². The third-order valence-corrected chi connectivity index (χ3v) is 6.19. The number of sulfonamides is 1. The topological polar surface area (TPSA) is 95.0 Å². The van der Waals surface area contributed by atoms with Crippen LogP contribution < -0.4 is 0 Å². The van der Waals surface area contributed by atoms with Gasteiger partial charge in [0.2, 0.25) is 15.9 Å². The number of rotatable bonds is 6. The Morgan fingerprint density at radius 1 is 1.38 bits per heavy atom. The molecule has 1 N–H and O–H groups in total. The lowest BCUT2D eigenvalue weighted by atomic mass is 9.76. The summed E-state index contributed by atoms with van der Waals surface area (Å²) in [4.78, 5) is 25.1. The first-order valence-corrected chi connectivity index (χ1v) is 8.63. The molecule has 1 saturated heterocycles. The van der Waals surface area contributed by atoms with Crippen molar-refractivity contribution in [2.75, 3.05) is 32.4 Å². The van der Waals surface area contributed by atoms with Crippen LogP contribution in [0.4, 0.5) is 0 Å². The van der Waals surface area contributed by atoms with Gasteiger partial charge in [-0.2, -0.15) is 4.31 Å². The Hall–Kier alpha value is -1.15. The first-order chi connectivity index (χ1) is 9.56. The van der Waals surface area contributed by atoms with Crippen molar-refractivity contribution in [3.05, 3.63) is 0 Å². The average molecular weight is 320 g/mol. The van der Waals surface area contributed by atoms with Crippen LogP contribution in [0, 0.1) is 11.3 Å². The third-order valence-electron chi connectivity index (χ3n) is 4.38. The Labute approximate surface area is 126 Å². The zero-order valence-electron chi connectivity index (χ0n) is 13.0. The molecule has 21 heavy (non-hydrogen) atoms.